The Hall–Kier alpha value is -2.54. The van der Waals surface area contributed by atoms with Crippen molar-refractivity contribution in [3.63, 3.8) is 0 Å². The Morgan fingerprint density at radius 1 is 1.29 bits per heavy atom. The number of aryl methyl sites for hydroxylation is 2. The largest absolute Gasteiger partial charge is 0.443 e. The van der Waals surface area contributed by atoms with Crippen molar-refractivity contribution in [2.45, 2.75) is 71.1 Å². The standard InChI is InChI=1S/C27H31N3O3S/c1-15-13-28-26(34-15)30-24(32)5-3-4-17-11-23(31)27(2)9-8-18-19(25(17)27)7-6-16-10-22-21(12-20(16)18)29-14-33-22/h10,12-14,17-19,25H,3-9,11H2,1-2H3,(H,28,30,32)/t17-,18?,19?,25?,27-/m1/s1. The molecule has 3 aliphatic rings. The normalized spacial score (nSPS) is 30.1. The van der Waals surface area contributed by atoms with Crippen LogP contribution in [0, 0.1) is 30.1 Å². The molecule has 34 heavy (non-hydrogen) atoms. The lowest BCUT2D eigenvalue weighted by molar-refractivity contribution is -0.129. The molecular formula is C27H31N3O3S. The molecule has 6 nitrogen and oxygen atoms in total. The lowest BCUT2D eigenvalue weighted by Crippen LogP contribution is -2.44. The average molecular weight is 478 g/mol. The summed E-state index contributed by atoms with van der Waals surface area (Å²) in [5.41, 5.74) is 4.42. The van der Waals surface area contributed by atoms with Crippen LogP contribution in [0.1, 0.15) is 73.8 Å². The highest BCUT2D eigenvalue weighted by atomic mass is 32.1. The fourth-order valence-corrected chi connectivity index (χ4v) is 8.05. The maximum absolute atomic E-state index is 13.2. The van der Waals surface area contributed by atoms with Crippen LogP contribution in [0.25, 0.3) is 11.1 Å². The zero-order valence-corrected chi connectivity index (χ0v) is 20.6. The molecular weight excluding hydrogens is 446 g/mol. The summed E-state index contributed by atoms with van der Waals surface area (Å²) in [4.78, 5) is 35.4. The minimum atomic E-state index is -0.206. The van der Waals surface area contributed by atoms with E-state index in [-0.39, 0.29) is 11.3 Å². The van der Waals surface area contributed by atoms with E-state index in [1.165, 1.54) is 28.9 Å². The number of hydrogen-bond donors (Lipinski definition) is 1. The number of carbonyl (C=O) groups excluding carboxylic acids is 2. The highest BCUT2D eigenvalue weighted by Gasteiger charge is 2.58. The molecule has 1 aromatic carbocycles. The minimum absolute atomic E-state index is 0.0196. The van der Waals surface area contributed by atoms with Gasteiger partial charge < -0.3 is 9.73 Å². The zero-order chi connectivity index (χ0) is 23.4. The third-order valence-corrected chi connectivity index (χ3v) is 9.69. The van der Waals surface area contributed by atoms with E-state index in [0.717, 1.165) is 54.5 Å². The average Bonchev–Trinajstić information content (AvgIpc) is 3.50. The molecule has 6 rings (SSSR count). The number of amides is 1. The van der Waals surface area contributed by atoms with E-state index in [1.54, 1.807) is 6.20 Å². The van der Waals surface area contributed by atoms with Gasteiger partial charge in [0.25, 0.3) is 0 Å². The molecule has 3 aliphatic carbocycles. The van der Waals surface area contributed by atoms with Crippen molar-refractivity contribution in [2.24, 2.45) is 23.2 Å². The highest BCUT2D eigenvalue weighted by molar-refractivity contribution is 7.15. The Kier molecular flexibility index (Phi) is 5.36. The second kappa shape index (κ2) is 8.29. The summed E-state index contributed by atoms with van der Waals surface area (Å²) in [5.74, 6) is 2.27. The van der Waals surface area contributed by atoms with Gasteiger partial charge in [0.2, 0.25) is 5.91 Å². The zero-order valence-electron chi connectivity index (χ0n) is 19.8. The summed E-state index contributed by atoms with van der Waals surface area (Å²) < 4.78 is 5.55. The van der Waals surface area contributed by atoms with Crippen LogP contribution in [0.2, 0.25) is 0 Å². The van der Waals surface area contributed by atoms with Crippen LogP contribution in [0.3, 0.4) is 0 Å². The number of fused-ring (bicyclic) bond motifs is 6. The van der Waals surface area contributed by atoms with Crippen molar-refractivity contribution < 1.29 is 14.0 Å². The number of nitrogens with zero attached hydrogens (tertiary/aromatic N) is 2. The van der Waals surface area contributed by atoms with Gasteiger partial charge in [0.15, 0.2) is 17.1 Å². The van der Waals surface area contributed by atoms with E-state index in [2.05, 4.69) is 34.3 Å². The van der Waals surface area contributed by atoms with E-state index >= 15 is 0 Å². The molecule has 7 heteroatoms. The van der Waals surface area contributed by atoms with Gasteiger partial charge in [-0.15, -0.1) is 11.3 Å². The van der Waals surface area contributed by atoms with E-state index in [9.17, 15) is 9.59 Å². The molecule has 3 unspecified atom stereocenters. The van der Waals surface area contributed by atoms with Crippen LogP contribution in [0.15, 0.2) is 29.1 Å². The number of ketones is 1. The van der Waals surface area contributed by atoms with Gasteiger partial charge in [-0.3, -0.25) is 9.59 Å². The highest BCUT2D eigenvalue weighted by Crippen LogP contribution is 2.62. The number of benzene rings is 1. The molecule has 178 valence electrons. The molecule has 2 aromatic heterocycles. The lowest BCUT2D eigenvalue weighted by atomic mass is 9.54. The first-order chi connectivity index (χ1) is 16.4. The number of hydrogen-bond acceptors (Lipinski definition) is 6. The lowest BCUT2D eigenvalue weighted by Gasteiger charge is -2.50. The number of aromatic nitrogens is 2. The summed E-state index contributed by atoms with van der Waals surface area (Å²) in [6.07, 6.45) is 10.4. The molecule has 1 amide bonds. The van der Waals surface area contributed by atoms with Gasteiger partial charge in [0.1, 0.15) is 11.3 Å². The summed E-state index contributed by atoms with van der Waals surface area (Å²) in [6.45, 7) is 4.21. The third-order valence-electron chi connectivity index (χ3n) is 8.87. The van der Waals surface area contributed by atoms with Crippen molar-refractivity contribution in [3.05, 3.63) is 40.7 Å². The first kappa shape index (κ1) is 22.0. The van der Waals surface area contributed by atoms with Gasteiger partial charge in [-0.05, 0) is 92.4 Å². The molecule has 2 heterocycles. The van der Waals surface area contributed by atoms with Crippen LogP contribution in [0.5, 0.6) is 0 Å². The number of nitrogens with one attached hydrogen (secondary N) is 1. The molecule has 3 aromatic rings. The predicted octanol–water partition coefficient (Wildman–Crippen LogP) is 6.05. The number of rotatable bonds is 5. The Balaban J connectivity index is 1.18. The molecule has 2 saturated carbocycles. The molecule has 0 spiro atoms. The topological polar surface area (TPSA) is 85.1 Å². The first-order valence-electron chi connectivity index (χ1n) is 12.5. The predicted molar refractivity (Wildman–Crippen MR) is 132 cm³/mol. The van der Waals surface area contributed by atoms with Crippen molar-refractivity contribution in [1.82, 2.24) is 9.97 Å². The molecule has 1 N–H and O–H groups in total. The van der Waals surface area contributed by atoms with E-state index in [4.69, 9.17) is 4.42 Å². The molecule has 0 radical (unpaired) electrons. The van der Waals surface area contributed by atoms with Crippen molar-refractivity contribution in [1.29, 1.82) is 0 Å². The second-order valence-electron chi connectivity index (χ2n) is 10.8. The van der Waals surface area contributed by atoms with E-state index < -0.39 is 0 Å². The van der Waals surface area contributed by atoms with Crippen LogP contribution in [0.4, 0.5) is 5.13 Å². The van der Waals surface area contributed by atoms with Crippen LogP contribution < -0.4 is 5.32 Å². The molecule has 0 aliphatic heterocycles. The Morgan fingerprint density at radius 2 is 2.18 bits per heavy atom. The number of Topliss-reactive ketones (excluding diaryl/α,β-unsaturated/α-hetero) is 1. The van der Waals surface area contributed by atoms with Crippen LogP contribution >= 0.6 is 11.3 Å². The molecule has 2 fully saturated rings. The maximum Gasteiger partial charge on any atom is 0.226 e. The Labute approximate surface area is 203 Å². The van der Waals surface area contributed by atoms with Gasteiger partial charge in [0.05, 0.1) is 0 Å². The molecule has 5 atom stereocenters. The number of thiazole rings is 1. The SMILES string of the molecule is Cc1cnc(NC(=O)CCC[C@@H]2CC(=O)[C@@]3(C)CCC4c5cc6ncoc6cc5CCC4C23)s1. The van der Waals surface area contributed by atoms with Crippen LogP contribution in [-0.4, -0.2) is 21.7 Å². The number of anilines is 1. The van der Waals surface area contributed by atoms with Gasteiger partial charge in [-0.25, -0.2) is 9.97 Å². The minimum Gasteiger partial charge on any atom is -0.443 e. The van der Waals surface area contributed by atoms with Crippen molar-refractivity contribution in [2.75, 3.05) is 5.32 Å². The van der Waals surface area contributed by atoms with Gasteiger partial charge in [0, 0.05) is 29.3 Å². The molecule has 0 bridgehead atoms. The van der Waals surface area contributed by atoms with Crippen molar-refractivity contribution in [3.8, 4) is 0 Å². The summed E-state index contributed by atoms with van der Waals surface area (Å²) in [5, 5.41) is 3.59. The fourth-order valence-electron chi connectivity index (χ4n) is 7.37. The Morgan fingerprint density at radius 3 is 3.00 bits per heavy atom. The molecule has 0 saturated heterocycles. The van der Waals surface area contributed by atoms with E-state index in [1.807, 2.05) is 6.92 Å². The first-order valence-corrected chi connectivity index (χ1v) is 13.4. The van der Waals surface area contributed by atoms with Crippen LogP contribution in [-0.2, 0) is 16.0 Å². The van der Waals surface area contributed by atoms with Crippen molar-refractivity contribution >= 4 is 39.3 Å². The van der Waals surface area contributed by atoms with Gasteiger partial charge in [-0.1, -0.05) is 6.92 Å². The summed E-state index contributed by atoms with van der Waals surface area (Å²) in [6, 6.07) is 4.42. The third kappa shape index (κ3) is 3.60. The van der Waals surface area contributed by atoms with Gasteiger partial charge >= 0.3 is 0 Å². The van der Waals surface area contributed by atoms with E-state index in [0.29, 0.717) is 47.4 Å². The smallest absolute Gasteiger partial charge is 0.226 e. The monoisotopic (exact) mass is 477 g/mol. The number of oxazole rings is 1. The summed E-state index contributed by atoms with van der Waals surface area (Å²) in [7, 11) is 0. The Bertz CT molecular complexity index is 1260. The summed E-state index contributed by atoms with van der Waals surface area (Å²) >= 11 is 1.50. The number of carbonyl (C=O) groups is 2. The quantitative estimate of drug-likeness (QED) is 0.483. The van der Waals surface area contributed by atoms with Gasteiger partial charge in [-0.2, -0.15) is 0 Å². The second-order valence-corrected chi connectivity index (χ2v) is 12.0. The maximum atomic E-state index is 13.2. The fraction of sp³-hybridized carbons (Fsp3) is 0.556.